The molecule has 12 heteroatoms. The summed E-state index contributed by atoms with van der Waals surface area (Å²) in [5.41, 5.74) is 12.3. The second kappa shape index (κ2) is 8.35. The molecule has 11 nitrogen and oxygen atoms in total. The Morgan fingerprint density at radius 1 is 1.48 bits per heavy atom. The van der Waals surface area contributed by atoms with Crippen LogP contribution in [-0.2, 0) is 14.3 Å². The molecule has 6 N–H and O–H groups in total. The average molecular weight is 398 g/mol. The van der Waals surface area contributed by atoms with Gasteiger partial charge in [-0.3, -0.25) is 9.36 Å². The molecule has 3 rings (SSSR count). The van der Waals surface area contributed by atoms with Crippen molar-refractivity contribution in [2.75, 3.05) is 24.3 Å². The number of thioether (sulfide) groups is 1. The van der Waals surface area contributed by atoms with Gasteiger partial charge < -0.3 is 31.2 Å². The van der Waals surface area contributed by atoms with Crippen molar-refractivity contribution in [3.05, 3.63) is 12.7 Å². The number of hydrogen-bond donors (Lipinski definition) is 4. The van der Waals surface area contributed by atoms with Gasteiger partial charge in [0.15, 0.2) is 23.8 Å². The van der Waals surface area contributed by atoms with Gasteiger partial charge in [-0.2, -0.15) is 11.8 Å². The Labute approximate surface area is 159 Å². The first-order valence-electron chi connectivity index (χ1n) is 8.30. The summed E-state index contributed by atoms with van der Waals surface area (Å²) in [6, 6.07) is -0.823. The highest BCUT2D eigenvalue weighted by atomic mass is 32.2. The molecule has 0 amide bonds. The fraction of sp³-hybridized carbons (Fsp3) is 0.600. The van der Waals surface area contributed by atoms with Crippen LogP contribution in [0.2, 0.25) is 0 Å². The monoisotopic (exact) mass is 398 g/mol. The molecule has 0 radical (unpaired) electrons. The fourth-order valence-corrected chi connectivity index (χ4v) is 3.35. The quantitative estimate of drug-likeness (QED) is 0.406. The Morgan fingerprint density at radius 3 is 2.96 bits per heavy atom. The van der Waals surface area contributed by atoms with E-state index in [0.29, 0.717) is 23.3 Å². The van der Waals surface area contributed by atoms with Crippen LogP contribution >= 0.6 is 11.8 Å². The van der Waals surface area contributed by atoms with Gasteiger partial charge in [-0.1, -0.05) is 0 Å². The maximum Gasteiger partial charge on any atom is 0.323 e. The normalized spacial score (nSPS) is 26.4. The molecule has 0 aromatic carbocycles. The Morgan fingerprint density at radius 2 is 2.26 bits per heavy atom. The van der Waals surface area contributed by atoms with E-state index in [0.717, 1.165) is 0 Å². The second-order valence-electron chi connectivity index (χ2n) is 6.11. The van der Waals surface area contributed by atoms with E-state index in [1.54, 1.807) is 11.8 Å². The molecular weight excluding hydrogens is 376 g/mol. The summed E-state index contributed by atoms with van der Waals surface area (Å²) in [4.78, 5) is 24.5. The van der Waals surface area contributed by atoms with Crippen molar-refractivity contribution >= 4 is 34.7 Å². The zero-order chi connectivity index (χ0) is 19.6. The molecule has 1 saturated heterocycles. The highest BCUT2D eigenvalue weighted by Crippen LogP contribution is 2.34. The number of carbonyl (C=O) groups is 1. The first kappa shape index (κ1) is 19.8. The van der Waals surface area contributed by atoms with Crippen LogP contribution in [-0.4, -0.2) is 78.7 Å². The lowest BCUT2D eigenvalue weighted by Gasteiger charge is -2.23. The molecule has 0 saturated carbocycles. The number of rotatable bonds is 7. The molecule has 5 atom stereocenters. The van der Waals surface area contributed by atoms with Crippen molar-refractivity contribution in [2.24, 2.45) is 5.73 Å². The number of ether oxygens (including phenoxy) is 2. The number of imidazole rings is 1. The molecule has 1 fully saturated rings. The van der Waals surface area contributed by atoms with E-state index in [1.165, 1.54) is 17.2 Å². The first-order chi connectivity index (χ1) is 13.0. The van der Waals surface area contributed by atoms with Crippen molar-refractivity contribution in [3.8, 4) is 0 Å². The van der Waals surface area contributed by atoms with Crippen molar-refractivity contribution < 1.29 is 24.5 Å². The van der Waals surface area contributed by atoms with Gasteiger partial charge in [0.1, 0.15) is 30.1 Å². The predicted octanol–water partition coefficient (Wildman–Crippen LogP) is -1.35. The summed E-state index contributed by atoms with van der Waals surface area (Å²) < 4.78 is 12.6. The highest BCUT2D eigenvalue weighted by Gasteiger charge is 2.48. The van der Waals surface area contributed by atoms with Gasteiger partial charge in [-0.25, -0.2) is 15.0 Å². The van der Waals surface area contributed by atoms with Gasteiger partial charge in [-0.05, 0) is 18.4 Å². The third kappa shape index (κ3) is 3.84. The number of anilines is 1. The minimum absolute atomic E-state index is 0.184. The summed E-state index contributed by atoms with van der Waals surface area (Å²) in [5, 5.41) is 19.9. The molecule has 4 unspecified atom stereocenters. The molecule has 0 aliphatic carbocycles. The molecule has 1 aliphatic heterocycles. The highest BCUT2D eigenvalue weighted by molar-refractivity contribution is 7.98. The molecule has 148 valence electrons. The predicted molar refractivity (Wildman–Crippen MR) is 97.6 cm³/mol. The van der Waals surface area contributed by atoms with Crippen LogP contribution in [0.5, 0.6) is 0 Å². The molecular formula is C15H22N6O5S. The molecule has 2 aromatic rings. The number of esters is 1. The summed E-state index contributed by atoms with van der Waals surface area (Å²) in [6.07, 6.45) is 0.796. The van der Waals surface area contributed by atoms with Crippen LogP contribution in [0.15, 0.2) is 12.7 Å². The lowest BCUT2D eigenvalue weighted by molar-refractivity contribution is -0.160. The van der Waals surface area contributed by atoms with E-state index in [-0.39, 0.29) is 5.82 Å². The Kier molecular flexibility index (Phi) is 6.11. The lowest BCUT2D eigenvalue weighted by Crippen LogP contribution is -2.42. The van der Waals surface area contributed by atoms with Gasteiger partial charge in [0.25, 0.3) is 0 Å². The second-order valence-corrected chi connectivity index (χ2v) is 7.10. The van der Waals surface area contributed by atoms with Crippen molar-refractivity contribution in [1.82, 2.24) is 19.5 Å². The number of aromatic nitrogens is 4. The fourth-order valence-electron chi connectivity index (χ4n) is 2.86. The Bertz CT molecular complexity index is 804. The minimum Gasteiger partial charge on any atom is -0.453 e. The molecule has 0 bridgehead atoms. The molecule has 1 aliphatic rings. The topological polar surface area (TPSA) is 172 Å². The molecule has 3 heterocycles. The molecule has 0 spiro atoms. The number of carbonyl (C=O) groups excluding carboxylic acids is 1. The van der Waals surface area contributed by atoms with Crippen molar-refractivity contribution in [1.29, 1.82) is 0 Å². The number of hydrogen-bond acceptors (Lipinski definition) is 11. The standard InChI is InChI=1S/C15H22N6O5S/c1-27-3-2-7(16)15(24)26-11-10(23)8(4-22)25-14(11)21-6-20-9-12(17)18-5-19-13(9)21/h5-8,10-11,14,22-23H,2-4,16H2,1H3,(H2,17,18,19)/t7-,8?,10?,11?,14?/m1/s1. The van der Waals surface area contributed by atoms with E-state index in [2.05, 4.69) is 15.0 Å². The number of fused-ring (bicyclic) bond motifs is 1. The SMILES string of the molecule is CSCC[C@@H](N)C(=O)OC1C(O)C(CO)OC1n1cnc2c(N)ncnc21. The van der Waals surface area contributed by atoms with Gasteiger partial charge in [0.05, 0.1) is 12.9 Å². The van der Waals surface area contributed by atoms with Crippen LogP contribution < -0.4 is 11.5 Å². The van der Waals surface area contributed by atoms with Crippen molar-refractivity contribution in [3.63, 3.8) is 0 Å². The third-order valence-electron chi connectivity index (χ3n) is 4.34. The van der Waals surface area contributed by atoms with Gasteiger partial charge in [0.2, 0.25) is 0 Å². The minimum atomic E-state index is -1.24. The van der Waals surface area contributed by atoms with Crippen LogP contribution in [0.25, 0.3) is 11.2 Å². The molecule has 2 aromatic heterocycles. The van der Waals surface area contributed by atoms with E-state index >= 15 is 0 Å². The number of nitrogens with zero attached hydrogens (tertiary/aromatic N) is 4. The van der Waals surface area contributed by atoms with E-state index in [1.807, 2.05) is 6.26 Å². The summed E-state index contributed by atoms with van der Waals surface area (Å²) in [5.74, 6) is 0.230. The zero-order valence-corrected chi connectivity index (χ0v) is 15.5. The summed E-state index contributed by atoms with van der Waals surface area (Å²) >= 11 is 1.56. The number of aliphatic hydroxyl groups is 2. The Hall–Kier alpha value is -1.99. The first-order valence-corrected chi connectivity index (χ1v) is 9.69. The van der Waals surface area contributed by atoms with Crippen LogP contribution in [0.1, 0.15) is 12.6 Å². The van der Waals surface area contributed by atoms with Gasteiger partial charge >= 0.3 is 5.97 Å². The van der Waals surface area contributed by atoms with Gasteiger partial charge in [-0.15, -0.1) is 0 Å². The summed E-state index contributed by atoms with van der Waals surface area (Å²) in [6.45, 7) is -0.450. The van der Waals surface area contributed by atoms with Crippen molar-refractivity contribution in [2.45, 2.75) is 37.0 Å². The molecule has 27 heavy (non-hydrogen) atoms. The maximum absolute atomic E-state index is 12.3. The average Bonchev–Trinajstić information content (AvgIpc) is 3.22. The number of nitrogen functional groups attached to an aromatic ring is 1. The van der Waals surface area contributed by atoms with Gasteiger partial charge in [0, 0.05) is 0 Å². The summed E-state index contributed by atoms with van der Waals surface area (Å²) in [7, 11) is 0. The van der Waals surface area contributed by atoms with Crippen LogP contribution in [0.3, 0.4) is 0 Å². The number of nitrogens with two attached hydrogens (primary N) is 2. The largest absolute Gasteiger partial charge is 0.453 e. The third-order valence-corrected chi connectivity index (χ3v) is 4.99. The Balaban J connectivity index is 1.87. The van der Waals surface area contributed by atoms with E-state index in [9.17, 15) is 15.0 Å². The van der Waals surface area contributed by atoms with Crippen LogP contribution in [0.4, 0.5) is 5.82 Å². The smallest absolute Gasteiger partial charge is 0.323 e. The van der Waals surface area contributed by atoms with E-state index in [4.69, 9.17) is 20.9 Å². The zero-order valence-electron chi connectivity index (χ0n) is 14.6. The van der Waals surface area contributed by atoms with E-state index < -0.39 is 43.2 Å². The van der Waals surface area contributed by atoms with Crippen LogP contribution in [0, 0.1) is 0 Å². The lowest BCUT2D eigenvalue weighted by atomic mass is 10.1. The maximum atomic E-state index is 12.3. The number of aliphatic hydroxyl groups excluding tert-OH is 2.